The molecular formula is C24H28N3O11P. The SMILES string of the molecule is NCCc1ccc(OC2OC(COC(=O)c3ccc[nH]3)C(O)C(OP(=O)(O)O)C2OC(=O)c2ccc[nH]2)cc1. The van der Waals surface area contributed by atoms with E-state index in [0.717, 1.165) is 5.56 Å². The molecule has 0 saturated carbocycles. The van der Waals surface area contributed by atoms with Crippen molar-refractivity contribution in [2.45, 2.75) is 37.1 Å². The third-order valence-corrected chi connectivity index (χ3v) is 6.26. The first-order chi connectivity index (χ1) is 18.6. The van der Waals surface area contributed by atoms with Gasteiger partial charge in [-0.2, -0.15) is 0 Å². The van der Waals surface area contributed by atoms with Gasteiger partial charge in [-0.25, -0.2) is 14.2 Å². The third kappa shape index (κ3) is 7.55. The number of phosphoric ester groups is 1. The van der Waals surface area contributed by atoms with Gasteiger partial charge in [0.1, 0.15) is 42.1 Å². The molecule has 0 bridgehead atoms. The van der Waals surface area contributed by atoms with E-state index in [0.29, 0.717) is 13.0 Å². The van der Waals surface area contributed by atoms with Crippen LogP contribution in [0, 0.1) is 0 Å². The normalized spacial score (nSPS) is 23.2. The predicted octanol–water partition coefficient (Wildman–Crippen LogP) is 0.869. The number of aromatic nitrogens is 2. The number of aromatic amines is 2. The van der Waals surface area contributed by atoms with Crippen LogP contribution in [0.5, 0.6) is 5.75 Å². The Kier molecular flexibility index (Phi) is 9.20. The zero-order valence-corrected chi connectivity index (χ0v) is 21.3. The van der Waals surface area contributed by atoms with Crippen molar-refractivity contribution in [1.29, 1.82) is 0 Å². The number of aliphatic hydroxyl groups excluding tert-OH is 1. The molecule has 1 fully saturated rings. The summed E-state index contributed by atoms with van der Waals surface area (Å²) in [4.78, 5) is 49.5. The van der Waals surface area contributed by atoms with Gasteiger partial charge in [-0.1, -0.05) is 12.1 Å². The Balaban J connectivity index is 1.61. The molecule has 39 heavy (non-hydrogen) atoms. The van der Waals surface area contributed by atoms with Crippen molar-refractivity contribution in [3.8, 4) is 5.75 Å². The van der Waals surface area contributed by atoms with Crippen LogP contribution in [0.3, 0.4) is 0 Å². The van der Waals surface area contributed by atoms with Gasteiger partial charge in [-0.15, -0.1) is 0 Å². The van der Waals surface area contributed by atoms with Crippen molar-refractivity contribution in [3.63, 3.8) is 0 Å². The molecule has 15 heteroatoms. The summed E-state index contributed by atoms with van der Waals surface area (Å²) in [5.41, 5.74) is 6.66. The van der Waals surface area contributed by atoms with Gasteiger partial charge >= 0.3 is 19.8 Å². The van der Waals surface area contributed by atoms with Crippen molar-refractivity contribution in [2.75, 3.05) is 13.2 Å². The highest BCUT2D eigenvalue weighted by Crippen LogP contribution is 2.42. The summed E-state index contributed by atoms with van der Waals surface area (Å²) in [6, 6.07) is 12.7. The molecule has 210 valence electrons. The van der Waals surface area contributed by atoms with E-state index < -0.39 is 57.1 Å². The fourth-order valence-electron chi connectivity index (χ4n) is 3.90. The average molecular weight is 565 g/mol. The number of benzene rings is 1. The monoisotopic (exact) mass is 565 g/mol. The molecule has 3 heterocycles. The van der Waals surface area contributed by atoms with Crippen molar-refractivity contribution in [1.82, 2.24) is 9.97 Å². The topological polar surface area (TPSA) is 216 Å². The summed E-state index contributed by atoms with van der Waals surface area (Å²) < 4.78 is 39.1. The van der Waals surface area contributed by atoms with E-state index in [4.69, 9.17) is 29.2 Å². The first-order valence-corrected chi connectivity index (χ1v) is 13.4. The number of ether oxygens (including phenoxy) is 4. The zero-order valence-electron chi connectivity index (χ0n) is 20.4. The van der Waals surface area contributed by atoms with Gasteiger partial charge in [-0.05, 0) is 54.9 Å². The lowest BCUT2D eigenvalue weighted by atomic mass is 9.99. The van der Waals surface area contributed by atoms with Gasteiger partial charge in [-0.3, -0.25) is 4.52 Å². The van der Waals surface area contributed by atoms with Crippen molar-refractivity contribution < 1.29 is 52.5 Å². The van der Waals surface area contributed by atoms with Gasteiger partial charge in [0.25, 0.3) is 0 Å². The minimum absolute atomic E-state index is 0.0197. The van der Waals surface area contributed by atoms with Crippen molar-refractivity contribution in [2.24, 2.45) is 5.73 Å². The van der Waals surface area contributed by atoms with Gasteiger partial charge in [0, 0.05) is 12.4 Å². The second-order valence-electron chi connectivity index (χ2n) is 8.53. The van der Waals surface area contributed by atoms with Gasteiger partial charge < -0.3 is 49.5 Å². The highest BCUT2D eigenvalue weighted by Gasteiger charge is 2.52. The number of phosphoric acid groups is 1. The van der Waals surface area contributed by atoms with E-state index in [1.807, 2.05) is 0 Å². The van der Waals surface area contributed by atoms with E-state index >= 15 is 0 Å². The third-order valence-electron chi connectivity index (χ3n) is 5.74. The number of aliphatic hydroxyl groups is 1. The molecule has 1 aromatic carbocycles. The number of hydrogen-bond acceptors (Lipinski definition) is 10. The second-order valence-corrected chi connectivity index (χ2v) is 9.72. The fourth-order valence-corrected chi connectivity index (χ4v) is 4.46. The van der Waals surface area contributed by atoms with Gasteiger partial charge in [0.15, 0.2) is 6.10 Å². The van der Waals surface area contributed by atoms with Gasteiger partial charge in [0.05, 0.1) is 0 Å². The number of esters is 2. The summed E-state index contributed by atoms with van der Waals surface area (Å²) in [7, 11) is -5.23. The van der Waals surface area contributed by atoms with Crippen LogP contribution in [0.15, 0.2) is 60.9 Å². The molecule has 2 aromatic heterocycles. The summed E-state index contributed by atoms with van der Waals surface area (Å²) in [6.45, 7) is -0.114. The largest absolute Gasteiger partial charge is 0.470 e. The fraction of sp³-hybridized carbons (Fsp3) is 0.333. The first kappa shape index (κ1) is 28.5. The highest BCUT2D eigenvalue weighted by atomic mass is 31.2. The predicted molar refractivity (Wildman–Crippen MR) is 132 cm³/mol. The number of H-pyrrole nitrogens is 2. The maximum atomic E-state index is 12.8. The molecule has 5 unspecified atom stereocenters. The number of carbonyl (C=O) groups is 2. The summed E-state index contributed by atoms with van der Waals surface area (Å²) >= 11 is 0. The van der Waals surface area contributed by atoms with Crippen molar-refractivity contribution >= 4 is 19.8 Å². The number of rotatable bonds is 11. The minimum atomic E-state index is -5.23. The van der Waals surface area contributed by atoms with Crippen LogP contribution >= 0.6 is 7.82 Å². The molecule has 1 saturated heterocycles. The van der Waals surface area contributed by atoms with Crippen LogP contribution in [0.1, 0.15) is 26.5 Å². The average Bonchev–Trinajstić information content (AvgIpc) is 3.62. The standard InChI is InChI=1S/C24H28N3O11P/c25-10-9-14-5-7-15(8-6-14)35-24-21(37-23(30)17-4-2-12-27-17)20(38-39(31,32)33)19(28)18(36-24)13-34-22(29)16-3-1-11-26-16/h1-8,11-12,18-21,24,26-28H,9-10,13,25H2,(H2,31,32,33). The molecule has 0 aliphatic carbocycles. The van der Waals surface area contributed by atoms with Crippen LogP contribution in [-0.4, -0.2) is 80.7 Å². The molecule has 1 aliphatic heterocycles. The number of hydrogen-bond donors (Lipinski definition) is 6. The van der Waals surface area contributed by atoms with Crippen LogP contribution in [0.25, 0.3) is 0 Å². The van der Waals surface area contributed by atoms with Crippen LogP contribution in [0.2, 0.25) is 0 Å². The molecule has 14 nitrogen and oxygen atoms in total. The van der Waals surface area contributed by atoms with Gasteiger partial charge in [0.2, 0.25) is 6.29 Å². The Morgan fingerprint density at radius 2 is 1.62 bits per heavy atom. The first-order valence-electron chi connectivity index (χ1n) is 11.8. The maximum absolute atomic E-state index is 12.8. The molecule has 3 aromatic rings. The lowest BCUT2D eigenvalue weighted by Gasteiger charge is -2.43. The van der Waals surface area contributed by atoms with E-state index in [1.165, 1.54) is 30.6 Å². The summed E-state index contributed by atoms with van der Waals surface area (Å²) in [5, 5.41) is 11.0. The molecule has 1 aliphatic rings. The van der Waals surface area contributed by atoms with E-state index in [9.17, 15) is 29.0 Å². The van der Waals surface area contributed by atoms with Crippen LogP contribution < -0.4 is 10.5 Å². The Hall–Kier alpha value is -3.49. The Bertz CT molecular complexity index is 1260. The Morgan fingerprint density at radius 1 is 0.974 bits per heavy atom. The smallest absolute Gasteiger partial charge is 0.461 e. The Morgan fingerprint density at radius 3 is 2.18 bits per heavy atom. The molecule has 0 amide bonds. The Labute approximate surface area is 222 Å². The quantitative estimate of drug-likeness (QED) is 0.141. The van der Waals surface area contributed by atoms with E-state index in [1.54, 1.807) is 30.3 Å². The lowest BCUT2D eigenvalue weighted by molar-refractivity contribution is -0.273. The molecule has 5 atom stereocenters. The minimum Gasteiger partial charge on any atom is -0.461 e. The second kappa shape index (κ2) is 12.6. The molecule has 7 N–H and O–H groups in total. The number of carbonyl (C=O) groups excluding carboxylic acids is 2. The summed E-state index contributed by atoms with van der Waals surface area (Å²) in [6.07, 6.45) is -4.65. The maximum Gasteiger partial charge on any atom is 0.470 e. The van der Waals surface area contributed by atoms with Crippen LogP contribution in [0.4, 0.5) is 0 Å². The summed E-state index contributed by atoms with van der Waals surface area (Å²) in [5.74, 6) is -1.45. The van der Waals surface area contributed by atoms with Crippen LogP contribution in [-0.2, 0) is 29.7 Å². The van der Waals surface area contributed by atoms with E-state index in [-0.39, 0.29) is 17.1 Å². The number of nitrogens with two attached hydrogens (primary N) is 1. The molecule has 0 radical (unpaired) electrons. The lowest BCUT2D eigenvalue weighted by Crippen LogP contribution is -2.62. The number of nitrogens with one attached hydrogen (secondary N) is 2. The van der Waals surface area contributed by atoms with E-state index in [2.05, 4.69) is 9.97 Å². The van der Waals surface area contributed by atoms with Crippen molar-refractivity contribution in [3.05, 3.63) is 77.9 Å². The zero-order chi connectivity index (χ0) is 28.0. The molecular weight excluding hydrogens is 537 g/mol. The molecule has 4 rings (SSSR count). The molecule has 0 spiro atoms. The highest BCUT2D eigenvalue weighted by molar-refractivity contribution is 7.46.